The molecule has 1 heterocycles. The Kier molecular flexibility index (Phi) is 3.42. The molecule has 0 unspecified atom stereocenters. The molecule has 21 heavy (non-hydrogen) atoms. The molecular weight excluding hydrogens is 342 g/mol. The topological polar surface area (TPSA) is 63.8 Å². The van der Waals surface area contributed by atoms with Crippen molar-refractivity contribution in [1.29, 1.82) is 0 Å². The average Bonchev–Trinajstić information content (AvgIpc) is 2.43. The van der Waals surface area contributed by atoms with E-state index < -0.39 is 11.6 Å². The summed E-state index contributed by atoms with van der Waals surface area (Å²) in [6, 6.07) is 9.38. The second-order valence-corrected chi connectivity index (χ2v) is 5.23. The Balaban J connectivity index is 2.08. The van der Waals surface area contributed by atoms with Crippen LogP contribution in [-0.4, -0.2) is 9.97 Å². The first-order valence-electron chi connectivity index (χ1n) is 5.98. The average molecular weight is 351 g/mol. The van der Waals surface area contributed by atoms with Gasteiger partial charge in [-0.05, 0) is 24.3 Å². The molecule has 0 atom stereocenters. The molecule has 0 saturated heterocycles. The maximum absolute atomic E-state index is 13.8. The minimum absolute atomic E-state index is 0.0652. The van der Waals surface area contributed by atoms with Crippen molar-refractivity contribution in [2.75, 3.05) is 11.1 Å². The Morgan fingerprint density at radius 2 is 1.57 bits per heavy atom. The number of nitrogen functional groups attached to an aromatic ring is 1. The van der Waals surface area contributed by atoms with E-state index in [1.54, 1.807) is 24.3 Å². The molecule has 0 saturated carbocycles. The predicted octanol–water partition coefficient (Wildman–Crippen LogP) is 4.00. The lowest BCUT2D eigenvalue weighted by Gasteiger charge is -2.11. The maximum atomic E-state index is 13.8. The zero-order valence-corrected chi connectivity index (χ0v) is 12.2. The molecule has 3 aromatic rings. The highest BCUT2D eigenvalue weighted by atomic mass is 79.9. The quantitative estimate of drug-likeness (QED) is 0.733. The van der Waals surface area contributed by atoms with Crippen LogP contribution in [0.1, 0.15) is 0 Å². The van der Waals surface area contributed by atoms with E-state index in [1.165, 1.54) is 0 Å². The minimum Gasteiger partial charge on any atom is -0.381 e. The Morgan fingerprint density at radius 3 is 2.19 bits per heavy atom. The molecule has 4 nitrogen and oxygen atoms in total. The van der Waals surface area contributed by atoms with Gasteiger partial charge in [-0.2, -0.15) is 0 Å². The van der Waals surface area contributed by atoms with Gasteiger partial charge >= 0.3 is 0 Å². The summed E-state index contributed by atoms with van der Waals surface area (Å²) in [7, 11) is 0. The largest absolute Gasteiger partial charge is 0.381 e. The summed E-state index contributed by atoms with van der Waals surface area (Å²) >= 11 is 3.02. The molecule has 3 rings (SSSR count). The van der Waals surface area contributed by atoms with E-state index in [2.05, 4.69) is 31.2 Å². The standard InChI is InChI=1S/C14H9BrF2N4/c15-7-5-8(16)12(9(17)6-7)21-14-13(18)19-10-3-1-2-4-11(10)20-14/h1-6H,(H2,18,19)(H,20,21). The number of nitrogens with zero attached hydrogens (tertiary/aromatic N) is 2. The van der Waals surface area contributed by atoms with Gasteiger partial charge in [-0.1, -0.05) is 28.1 Å². The number of fused-ring (bicyclic) bond motifs is 1. The summed E-state index contributed by atoms with van der Waals surface area (Å²) in [5.74, 6) is -1.34. The van der Waals surface area contributed by atoms with Crippen LogP contribution in [0, 0.1) is 11.6 Å². The van der Waals surface area contributed by atoms with Crippen molar-refractivity contribution in [1.82, 2.24) is 9.97 Å². The molecule has 0 fully saturated rings. The number of rotatable bonds is 2. The second kappa shape index (κ2) is 5.25. The molecule has 0 radical (unpaired) electrons. The van der Waals surface area contributed by atoms with Crippen LogP contribution in [0.5, 0.6) is 0 Å². The van der Waals surface area contributed by atoms with Crippen LogP contribution in [0.15, 0.2) is 40.9 Å². The highest BCUT2D eigenvalue weighted by molar-refractivity contribution is 9.10. The predicted molar refractivity (Wildman–Crippen MR) is 81.3 cm³/mol. The van der Waals surface area contributed by atoms with Crippen LogP contribution in [0.25, 0.3) is 11.0 Å². The van der Waals surface area contributed by atoms with Gasteiger partial charge in [0.1, 0.15) is 5.69 Å². The second-order valence-electron chi connectivity index (χ2n) is 4.32. The molecule has 0 aliphatic carbocycles. The summed E-state index contributed by atoms with van der Waals surface area (Å²) in [5, 5.41) is 2.56. The highest BCUT2D eigenvalue weighted by Gasteiger charge is 2.14. The van der Waals surface area contributed by atoms with Crippen molar-refractivity contribution in [3.63, 3.8) is 0 Å². The van der Waals surface area contributed by atoms with Crippen LogP contribution >= 0.6 is 15.9 Å². The highest BCUT2D eigenvalue weighted by Crippen LogP contribution is 2.28. The summed E-state index contributed by atoms with van der Waals surface area (Å²) in [6.07, 6.45) is 0. The van der Waals surface area contributed by atoms with Gasteiger partial charge in [-0.25, -0.2) is 18.7 Å². The fourth-order valence-electron chi connectivity index (χ4n) is 1.89. The van der Waals surface area contributed by atoms with Crippen molar-refractivity contribution in [3.8, 4) is 0 Å². The SMILES string of the molecule is Nc1nc2ccccc2nc1Nc1c(F)cc(Br)cc1F. The zero-order chi connectivity index (χ0) is 15.0. The lowest BCUT2D eigenvalue weighted by Crippen LogP contribution is -2.05. The number of nitrogens with one attached hydrogen (secondary N) is 1. The van der Waals surface area contributed by atoms with Gasteiger partial charge in [0, 0.05) is 4.47 Å². The van der Waals surface area contributed by atoms with Crippen molar-refractivity contribution >= 4 is 44.3 Å². The van der Waals surface area contributed by atoms with Crippen molar-refractivity contribution in [2.24, 2.45) is 0 Å². The normalized spacial score (nSPS) is 10.8. The molecule has 1 aromatic heterocycles. The number of hydrogen-bond acceptors (Lipinski definition) is 4. The van der Waals surface area contributed by atoms with Gasteiger partial charge in [0.15, 0.2) is 23.3 Å². The third-order valence-corrected chi connectivity index (χ3v) is 3.31. The Morgan fingerprint density at radius 1 is 1.00 bits per heavy atom. The molecule has 0 spiro atoms. The molecule has 106 valence electrons. The first kappa shape index (κ1) is 13.7. The first-order valence-corrected chi connectivity index (χ1v) is 6.78. The lowest BCUT2D eigenvalue weighted by atomic mass is 10.2. The van der Waals surface area contributed by atoms with Crippen LogP contribution in [0.2, 0.25) is 0 Å². The Hall–Kier alpha value is -2.28. The van der Waals surface area contributed by atoms with Crippen molar-refractivity contribution in [3.05, 3.63) is 52.5 Å². The van der Waals surface area contributed by atoms with Crippen LogP contribution < -0.4 is 11.1 Å². The zero-order valence-electron chi connectivity index (χ0n) is 10.6. The molecule has 0 aliphatic rings. The van der Waals surface area contributed by atoms with E-state index in [9.17, 15) is 8.78 Å². The fourth-order valence-corrected chi connectivity index (χ4v) is 2.29. The number of para-hydroxylation sites is 2. The van der Waals surface area contributed by atoms with E-state index in [0.717, 1.165) is 12.1 Å². The molecular formula is C14H9BrF2N4. The Bertz CT molecular complexity index is 815. The molecule has 0 amide bonds. The van der Waals surface area contributed by atoms with Crippen molar-refractivity contribution in [2.45, 2.75) is 0 Å². The van der Waals surface area contributed by atoms with E-state index in [-0.39, 0.29) is 17.3 Å². The van der Waals surface area contributed by atoms with E-state index in [0.29, 0.717) is 15.5 Å². The number of anilines is 3. The summed E-state index contributed by atoms with van der Waals surface area (Å²) < 4.78 is 27.9. The third-order valence-electron chi connectivity index (χ3n) is 2.85. The minimum atomic E-state index is -0.753. The number of hydrogen-bond donors (Lipinski definition) is 2. The van der Waals surface area contributed by atoms with Crippen molar-refractivity contribution < 1.29 is 8.78 Å². The lowest BCUT2D eigenvalue weighted by molar-refractivity contribution is 0.589. The summed E-state index contributed by atoms with van der Waals surface area (Å²) in [6.45, 7) is 0. The Labute approximate surface area is 127 Å². The van der Waals surface area contributed by atoms with Gasteiger partial charge in [0.25, 0.3) is 0 Å². The fraction of sp³-hybridized carbons (Fsp3) is 0. The van der Waals surface area contributed by atoms with Gasteiger partial charge in [0.05, 0.1) is 11.0 Å². The van der Waals surface area contributed by atoms with Gasteiger partial charge in [-0.3, -0.25) is 0 Å². The maximum Gasteiger partial charge on any atom is 0.174 e. The van der Waals surface area contributed by atoms with Gasteiger partial charge < -0.3 is 11.1 Å². The number of nitrogens with two attached hydrogens (primary N) is 1. The first-order chi connectivity index (χ1) is 10.0. The monoisotopic (exact) mass is 350 g/mol. The smallest absolute Gasteiger partial charge is 0.174 e. The summed E-state index contributed by atoms with van der Waals surface area (Å²) in [4.78, 5) is 8.38. The van der Waals surface area contributed by atoms with Crippen LogP contribution in [-0.2, 0) is 0 Å². The molecule has 3 N–H and O–H groups in total. The van der Waals surface area contributed by atoms with E-state index >= 15 is 0 Å². The third kappa shape index (κ3) is 2.64. The molecule has 0 bridgehead atoms. The molecule has 0 aliphatic heterocycles. The van der Waals surface area contributed by atoms with Crippen LogP contribution in [0.3, 0.4) is 0 Å². The molecule has 7 heteroatoms. The van der Waals surface area contributed by atoms with Gasteiger partial charge in [0.2, 0.25) is 0 Å². The number of aromatic nitrogens is 2. The number of halogens is 3. The van der Waals surface area contributed by atoms with E-state index in [4.69, 9.17) is 5.73 Å². The van der Waals surface area contributed by atoms with E-state index in [1.807, 2.05) is 0 Å². The number of benzene rings is 2. The van der Waals surface area contributed by atoms with Crippen LogP contribution in [0.4, 0.5) is 26.1 Å². The van der Waals surface area contributed by atoms with Gasteiger partial charge in [-0.15, -0.1) is 0 Å². The molecule has 2 aromatic carbocycles. The summed E-state index contributed by atoms with van der Waals surface area (Å²) in [5.41, 5.74) is 6.63.